The predicted octanol–water partition coefficient (Wildman–Crippen LogP) is 2.46. The summed E-state index contributed by atoms with van der Waals surface area (Å²) in [4.78, 5) is 0. The summed E-state index contributed by atoms with van der Waals surface area (Å²) in [7, 11) is 0. The summed E-state index contributed by atoms with van der Waals surface area (Å²) in [6.07, 6.45) is 8.86. The highest BCUT2D eigenvalue weighted by Crippen LogP contribution is 2.26. The van der Waals surface area contributed by atoms with Gasteiger partial charge < -0.3 is 10.4 Å². The zero-order chi connectivity index (χ0) is 10.4. The Morgan fingerprint density at radius 3 is 2.00 bits per heavy atom. The molecule has 0 heterocycles. The molecule has 0 aromatic heterocycles. The Labute approximate surface area is 88.1 Å². The van der Waals surface area contributed by atoms with E-state index in [2.05, 4.69) is 19.2 Å². The van der Waals surface area contributed by atoms with Crippen molar-refractivity contribution in [3.05, 3.63) is 0 Å². The summed E-state index contributed by atoms with van der Waals surface area (Å²) >= 11 is 0. The SMILES string of the molecule is CC(C)NC1(CO)CCCCCCC1. The number of hydrogen-bond donors (Lipinski definition) is 2. The van der Waals surface area contributed by atoms with Crippen molar-refractivity contribution in [3.8, 4) is 0 Å². The topological polar surface area (TPSA) is 32.3 Å². The molecule has 0 amide bonds. The highest BCUT2D eigenvalue weighted by Gasteiger charge is 2.29. The molecule has 0 bridgehead atoms. The van der Waals surface area contributed by atoms with Crippen molar-refractivity contribution in [2.45, 2.75) is 70.4 Å². The molecule has 1 fully saturated rings. The molecule has 0 atom stereocenters. The van der Waals surface area contributed by atoms with Gasteiger partial charge in [0.25, 0.3) is 0 Å². The maximum Gasteiger partial charge on any atom is 0.0613 e. The fourth-order valence-corrected chi connectivity index (χ4v) is 2.54. The Hall–Kier alpha value is -0.0800. The lowest BCUT2D eigenvalue weighted by Crippen LogP contribution is -2.51. The van der Waals surface area contributed by atoms with E-state index < -0.39 is 0 Å². The maximum atomic E-state index is 9.54. The van der Waals surface area contributed by atoms with Crippen molar-refractivity contribution in [1.29, 1.82) is 0 Å². The van der Waals surface area contributed by atoms with Crippen LogP contribution in [0, 0.1) is 0 Å². The zero-order valence-corrected chi connectivity index (χ0v) is 9.68. The quantitative estimate of drug-likeness (QED) is 0.732. The van der Waals surface area contributed by atoms with E-state index in [-0.39, 0.29) is 5.54 Å². The Bertz CT molecular complexity index is 148. The van der Waals surface area contributed by atoms with Gasteiger partial charge in [0.15, 0.2) is 0 Å². The van der Waals surface area contributed by atoms with Crippen LogP contribution in [0.15, 0.2) is 0 Å². The van der Waals surface area contributed by atoms with Crippen LogP contribution in [0.5, 0.6) is 0 Å². The lowest BCUT2D eigenvalue weighted by Gasteiger charge is -2.36. The lowest BCUT2D eigenvalue weighted by atomic mass is 9.84. The molecule has 0 spiro atoms. The third-order valence-corrected chi connectivity index (χ3v) is 3.21. The highest BCUT2D eigenvalue weighted by molar-refractivity contribution is 4.89. The standard InChI is InChI=1S/C12H25NO/c1-11(2)13-12(10-14)8-6-4-3-5-7-9-12/h11,13-14H,3-10H2,1-2H3. The minimum atomic E-state index is 0.0224. The Kier molecular flexibility index (Phi) is 4.90. The van der Waals surface area contributed by atoms with Crippen molar-refractivity contribution < 1.29 is 5.11 Å². The van der Waals surface area contributed by atoms with Crippen LogP contribution in [0.4, 0.5) is 0 Å². The first-order valence-corrected chi connectivity index (χ1v) is 6.07. The Balaban J connectivity index is 2.53. The van der Waals surface area contributed by atoms with Gasteiger partial charge in [0.1, 0.15) is 0 Å². The molecule has 84 valence electrons. The van der Waals surface area contributed by atoms with Crippen LogP contribution in [0.3, 0.4) is 0 Å². The second-order valence-electron chi connectivity index (χ2n) is 5.01. The first-order chi connectivity index (χ1) is 6.68. The van der Waals surface area contributed by atoms with Gasteiger partial charge >= 0.3 is 0 Å². The largest absolute Gasteiger partial charge is 0.394 e. The van der Waals surface area contributed by atoms with Crippen molar-refractivity contribution in [2.75, 3.05) is 6.61 Å². The molecule has 0 aromatic rings. The van der Waals surface area contributed by atoms with Crippen LogP contribution < -0.4 is 5.32 Å². The third kappa shape index (κ3) is 3.58. The fourth-order valence-electron chi connectivity index (χ4n) is 2.54. The minimum absolute atomic E-state index is 0.0224. The fraction of sp³-hybridized carbons (Fsp3) is 1.00. The molecule has 1 rings (SSSR count). The number of hydrogen-bond acceptors (Lipinski definition) is 2. The molecule has 2 N–H and O–H groups in total. The minimum Gasteiger partial charge on any atom is -0.394 e. The first kappa shape index (κ1) is 12.0. The molecule has 1 aliphatic rings. The van der Waals surface area contributed by atoms with Gasteiger partial charge in [-0.05, 0) is 12.8 Å². The van der Waals surface area contributed by atoms with Crippen LogP contribution in [-0.4, -0.2) is 23.3 Å². The van der Waals surface area contributed by atoms with Gasteiger partial charge in [-0.3, -0.25) is 0 Å². The monoisotopic (exact) mass is 199 g/mol. The smallest absolute Gasteiger partial charge is 0.0613 e. The molecule has 1 saturated carbocycles. The number of nitrogens with one attached hydrogen (secondary N) is 1. The van der Waals surface area contributed by atoms with Gasteiger partial charge in [-0.2, -0.15) is 0 Å². The van der Waals surface area contributed by atoms with E-state index in [0.717, 1.165) is 12.8 Å². The molecule has 0 radical (unpaired) electrons. The molecule has 0 saturated heterocycles. The summed E-state index contributed by atoms with van der Waals surface area (Å²) in [6, 6.07) is 0.474. The molecule has 1 aliphatic carbocycles. The molecule has 0 aliphatic heterocycles. The van der Waals surface area contributed by atoms with Gasteiger partial charge in [0.05, 0.1) is 6.61 Å². The van der Waals surface area contributed by atoms with Gasteiger partial charge in [-0.1, -0.05) is 46.0 Å². The van der Waals surface area contributed by atoms with Crippen LogP contribution in [0.2, 0.25) is 0 Å². The molecule has 2 nitrogen and oxygen atoms in total. The molecular formula is C12H25NO. The van der Waals surface area contributed by atoms with Crippen molar-refractivity contribution in [3.63, 3.8) is 0 Å². The second kappa shape index (κ2) is 5.72. The first-order valence-electron chi connectivity index (χ1n) is 6.07. The number of rotatable bonds is 3. The predicted molar refractivity (Wildman–Crippen MR) is 60.4 cm³/mol. The molecule has 14 heavy (non-hydrogen) atoms. The molecule has 0 aromatic carbocycles. The van der Waals surface area contributed by atoms with Crippen LogP contribution >= 0.6 is 0 Å². The van der Waals surface area contributed by atoms with Crippen LogP contribution in [0.25, 0.3) is 0 Å². The van der Waals surface area contributed by atoms with Crippen LogP contribution in [-0.2, 0) is 0 Å². The lowest BCUT2D eigenvalue weighted by molar-refractivity contribution is 0.122. The molecular weight excluding hydrogens is 174 g/mol. The third-order valence-electron chi connectivity index (χ3n) is 3.21. The van der Waals surface area contributed by atoms with Crippen molar-refractivity contribution in [2.24, 2.45) is 0 Å². The van der Waals surface area contributed by atoms with E-state index in [9.17, 15) is 5.11 Å². The van der Waals surface area contributed by atoms with Gasteiger partial charge in [-0.25, -0.2) is 0 Å². The second-order valence-corrected chi connectivity index (χ2v) is 5.01. The average molecular weight is 199 g/mol. The summed E-state index contributed by atoms with van der Waals surface area (Å²) < 4.78 is 0. The molecule has 0 unspecified atom stereocenters. The number of aliphatic hydroxyl groups excluding tert-OH is 1. The van der Waals surface area contributed by atoms with E-state index in [1.54, 1.807) is 0 Å². The average Bonchev–Trinajstić information content (AvgIpc) is 2.09. The maximum absolute atomic E-state index is 9.54. The van der Waals surface area contributed by atoms with Crippen molar-refractivity contribution in [1.82, 2.24) is 5.32 Å². The summed E-state index contributed by atoms with van der Waals surface area (Å²) in [5.74, 6) is 0. The summed E-state index contributed by atoms with van der Waals surface area (Å²) in [5.41, 5.74) is 0.0224. The number of aliphatic hydroxyl groups is 1. The summed E-state index contributed by atoms with van der Waals surface area (Å²) in [6.45, 7) is 4.62. The zero-order valence-electron chi connectivity index (χ0n) is 9.68. The van der Waals surface area contributed by atoms with E-state index >= 15 is 0 Å². The van der Waals surface area contributed by atoms with Gasteiger partial charge in [-0.15, -0.1) is 0 Å². The van der Waals surface area contributed by atoms with E-state index in [0.29, 0.717) is 12.6 Å². The normalized spacial score (nSPS) is 23.1. The Morgan fingerprint density at radius 1 is 1.07 bits per heavy atom. The van der Waals surface area contributed by atoms with Crippen molar-refractivity contribution >= 4 is 0 Å². The van der Waals surface area contributed by atoms with Gasteiger partial charge in [0.2, 0.25) is 0 Å². The highest BCUT2D eigenvalue weighted by atomic mass is 16.3. The van der Waals surface area contributed by atoms with E-state index in [1.165, 1.54) is 32.1 Å². The van der Waals surface area contributed by atoms with Gasteiger partial charge in [0, 0.05) is 11.6 Å². The van der Waals surface area contributed by atoms with E-state index in [4.69, 9.17) is 0 Å². The van der Waals surface area contributed by atoms with E-state index in [1.807, 2.05) is 0 Å². The summed E-state index contributed by atoms with van der Waals surface area (Å²) in [5, 5.41) is 13.1. The molecule has 2 heteroatoms. The Morgan fingerprint density at radius 2 is 1.57 bits per heavy atom. The van der Waals surface area contributed by atoms with Crippen LogP contribution in [0.1, 0.15) is 58.8 Å².